The lowest BCUT2D eigenvalue weighted by molar-refractivity contribution is -0.118. The minimum absolute atomic E-state index is 0.0754. The first-order valence-electron chi connectivity index (χ1n) is 12.7. The van der Waals surface area contributed by atoms with E-state index in [0.29, 0.717) is 35.9 Å². The number of rotatable bonds is 8. The molecule has 3 aromatic rings. The number of piperidine rings is 1. The maximum Gasteiger partial charge on any atom is 0.264 e. The Kier molecular flexibility index (Phi) is 8.30. The van der Waals surface area contributed by atoms with E-state index in [1.54, 1.807) is 18.2 Å². The lowest BCUT2D eigenvalue weighted by atomic mass is 10.1. The van der Waals surface area contributed by atoms with Crippen LogP contribution in [-0.4, -0.2) is 53.3 Å². The average Bonchev–Trinajstić information content (AvgIpc) is 3.37. The molecule has 2 aliphatic rings. The third-order valence-electron chi connectivity index (χ3n) is 6.84. The molecule has 0 radical (unpaired) electrons. The van der Waals surface area contributed by atoms with Gasteiger partial charge in [-0.25, -0.2) is 16.8 Å². The van der Waals surface area contributed by atoms with Gasteiger partial charge in [-0.2, -0.15) is 4.31 Å². The van der Waals surface area contributed by atoms with Crippen molar-refractivity contribution >= 4 is 60.5 Å². The van der Waals surface area contributed by atoms with Gasteiger partial charge >= 0.3 is 0 Å². The van der Waals surface area contributed by atoms with Crippen molar-refractivity contribution in [2.75, 3.05) is 35.9 Å². The first-order valence-corrected chi connectivity index (χ1v) is 16.3. The van der Waals surface area contributed by atoms with Crippen LogP contribution >= 0.6 is 23.2 Å². The summed E-state index contributed by atoms with van der Waals surface area (Å²) in [6.45, 7) is 0.850. The summed E-state index contributed by atoms with van der Waals surface area (Å²) in [7, 11) is -7.46. The molecule has 5 rings (SSSR count). The maximum absolute atomic E-state index is 13.2. The summed E-state index contributed by atoms with van der Waals surface area (Å²) in [4.78, 5) is 12.8. The van der Waals surface area contributed by atoms with Gasteiger partial charge in [0.05, 0.1) is 20.5 Å². The van der Waals surface area contributed by atoms with Crippen LogP contribution in [0.25, 0.3) is 0 Å². The summed E-state index contributed by atoms with van der Waals surface area (Å²) >= 11 is 12.2. The van der Waals surface area contributed by atoms with Crippen molar-refractivity contribution in [2.45, 2.75) is 35.5 Å². The van der Waals surface area contributed by atoms with Gasteiger partial charge in [0.1, 0.15) is 5.75 Å². The van der Waals surface area contributed by atoms with Gasteiger partial charge in [0, 0.05) is 30.3 Å². The second-order valence-electron chi connectivity index (χ2n) is 9.52. The molecule has 1 N–H and O–H groups in total. The predicted molar refractivity (Wildman–Crippen MR) is 154 cm³/mol. The number of sulfonamides is 2. The molecular formula is C27H27Cl2N3O6S2. The zero-order chi connectivity index (χ0) is 28.5. The summed E-state index contributed by atoms with van der Waals surface area (Å²) in [6, 6.07) is 15.2. The Hall–Kier alpha value is -2.83. The maximum atomic E-state index is 13.2. The van der Waals surface area contributed by atoms with E-state index in [4.69, 9.17) is 27.9 Å². The van der Waals surface area contributed by atoms with Crippen molar-refractivity contribution in [1.82, 2.24) is 4.31 Å². The largest absolute Gasteiger partial charge is 0.482 e. The summed E-state index contributed by atoms with van der Waals surface area (Å²) in [5.74, 6) is -0.324. The average molecular weight is 625 g/mol. The molecule has 13 heteroatoms. The van der Waals surface area contributed by atoms with E-state index in [-0.39, 0.29) is 33.7 Å². The zero-order valence-electron chi connectivity index (χ0n) is 21.3. The van der Waals surface area contributed by atoms with Crippen LogP contribution in [-0.2, 0) is 31.3 Å². The van der Waals surface area contributed by atoms with Gasteiger partial charge in [-0.15, -0.1) is 0 Å². The number of amides is 1. The van der Waals surface area contributed by atoms with Gasteiger partial charge in [0.2, 0.25) is 10.0 Å². The van der Waals surface area contributed by atoms with E-state index >= 15 is 0 Å². The van der Waals surface area contributed by atoms with Gasteiger partial charge < -0.3 is 10.1 Å². The number of carbonyl (C=O) groups excluding carboxylic acids is 1. The molecule has 0 saturated carbocycles. The Balaban J connectivity index is 1.24. The molecule has 0 unspecified atom stereocenters. The summed E-state index contributed by atoms with van der Waals surface area (Å²) in [6.07, 6.45) is 3.20. The van der Waals surface area contributed by atoms with Gasteiger partial charge in [-0.1, -0.05) is 35.7 Å². The molecule has 0 aliphatic carbocycles. The van der Waals surface area contributed by atoms with Crippen molar-refractivity contribution < 1.29 is 26.4 Å². The topological polar surface area (TPSA) is 113 Å². The molecule has 212 valence electrons. The van der Waals surface area contributed by atoms with Crippen LogP contribution in [0.1, 0.15) is 24.8 Å². The monoisotopic (exact) mass is 623 g/mol. The fourth-order valence-corrected chi connectivity index (χ4v) is 8.23. The minimum atomic E-state index is -3.81. The van der Waals surface area contributed by atoms with E-state index in [1.165, 1.54) is 51.1 Å². The molecule has 1 saturated heterocycles. The van der Waals surface area contributed by atoms with Crippen LogP contribution in [0, 0.1) is 0 Å². The van der Waals surface area contributed by atoms with Gasteiger partial charge in [0.15, 0.2) is 6.61 Å². The number of anilines is 2. The van der Waals surface area contributed by atoms with Crippen LogP contribution in [0.3, 0.4) is 0 Å². The predicted octanol–water partition coefficient (Wildman–Crippen LogP) is 4.94. The highest BCUT2D eigenvalue weighted by Crippen LogP contribution is 2.35. The van der Waals surface area contributed by atoms with E-state index < -0.39 is 26.0 Å². The zero-order valence-corrected chi connectivity index (χ0v) is 24.5. The van der Waals surface area contributed by atoms with Gasteiger partial charge in [-0.05, 0) is 79.4 Å². The molecule has 0 bridgehead atoms. The van der Waals surface area contributed by atoms with Crippen LogP contribution in [0.2, 0.25) is 10.0 Å². The third-order valence-corrected chi connectivity index (χ3v) is 11.1. The van der Waals surface area contributed by atoms with Gasteiger partial charge in [0.25, 0.3) is 15.9 Å². The molecule has 1 amide bonds. The van der Waals surface area contributed by atoms with Crippen molar-refractivity contribution in [3.63, 3.8) is 0 Å². The molecule has 9 nitrogen and oxygen atoms in total. The molecule has 3 aromatic carbocycles. The van der Waals surface area contributed by atoms with E-state index in [1.807, 2.05) is 0 Å². The number of halogens is 2. The molecule has 40 heavy (non-hydrogen) atoms. The van der Waals surface area contributed by atoms with Gasteiger partial charge in [-0.3, -0.25) is 9.10 Å². The third kappa shape index (κ3) is 5.94. The highest BCUT2D eigenvalue weighted by atomic mass is 35.5. The standard InChI is InChI=1S/C27H27Cl2N3O6S2/c28-20-5-8-22(9-6-20)40(36,37)32-15-12-19-4-7-21(16-25(19)32)30-27(33)18-38-26-11-10-23(17-24(26)29)39(34,35)31-13-2-1-3-14-31/h4-11,16-17H,1-3,12-15,18H2,(H,30,33). The molecule has 0 aromatic heterocycles. The lowest BCUT2D eigenvalue weighted by Gasteiger charge is -2.26. The van der Waals surface area contributed by atoms with Crippen molar-refractivity contribution in [2.24, 2.45) is 0 Å². The Morgan fingerprint density at radius 1 is 0.825 bits per heavy atom. The number of hydrogen-bond acceptors (Lipinski definition) is 6. The SMILES string of the molecule is O=C(COc1ccc(S(=O)(=O)N2CCCCC2)cc1Cl)Nc1ccc2c(c1)N(S(=O)(=O)c1ccc(Cl)cc1)CC2. The molecule has 2 aliphatic heterocycles. The fourth-order valence-electron chi connectivity index (χ4n) is 4.76. The second-order valence-corrected chi connectivity index (χ2v) is 14.2. The molecule has 0 spiro atoms. The van der Waals surface area contributed by atoms with Crippen LogP contribution in [0.5, 0.6) is 5.75 Å². The summed E-state index contributed by atoms with van der Waals surface area (Å²) < 4.78 is 60.6. The number of fused-ring (bicyclic) bond motifs is 1. The molecule has 1 fully saturated rings. The number of nitrogens with one attached hydrogen (secondary N) is 1. The number of ether oxygens (including phenoxy) is 1. The Morgan fingerprint density at radius 3 is 2.23 bits per heavy atom. The molecule has 0 atom stereocenters. The quantitative estimate of drug-likeness (QED) is 0.380. The van der Waals surface area contributed by atoms with Crippen LogP contribution in [0.4, 0.5) is 11.4 Å². The fraction of sp³-hybridized carbons (Fsp3) is 0.296. The first kappa shape index (κ1) is 28.7. The Labute approximate surface area is 243 Å². The van der Waals surface area contributed by atoms with Crippen molar-refractivity contribution in [3.8, 4) is 5.75 Å². The summed E-state index contributed by atoms with van der Waals surface area (Å²) in [5, 5.41) is 3.22. The Bertz CT molecular complexity index is 1640. The smallest absolute Gasteiger partial charge is 0.264 e. The van der Waals surface area contributed by atoms with Crippen molar-refractivity contribution in [1.29, 1.82) is 0 Å². The first-order chi connectivity index (χ1) is 19.1. The number of nitrogens with zero attached hydrogens (tertiary/aromatic N) is 2. The highest BCUT2D eigenvalue weighted by Gasteiger charge is 2.31. The second kappa shape index (κ2) is 11.6. The van der Waals surface area contributed by atoms with Crippen LogP contribution in [0.15, 0.2) is 70.5 Å². The van der Waals surface area contributed by atoms with Crippen molar-refractivity contribution in [3.05, 3.63) is 76.3 Å². The lowest BCUT2D eigenvalue weighted by Crippen LogP contribution is -2.35. The van der Waals surface area contributed by atoms with Crippen LogP contribution < -0.4 is 14.4 Å². The number of carbonyl (C=O) groups is 1. The Morgan fingerprint density at radius 2 is 1.52 bits per heavy atom. The van der Waals surface area contributed by atoms with E-state index in [9.17, 15) is 21.6 Å². The summed E-state index contributed by atoms with van der Waals surface area (Å²) in [5.41, 5.74) is 1.74. The van der Waals surface area contributed by atoms with E-state index in [0.717, 1.165) is 24.8 Å². The van der Waals surface area contributed by atoms with E-state index in [2.05, 4.69) is 5.32 Å². The highest BCUT2D eigenvalue weighted by molar-refractivity contribution is 7.92. The number of benzene rings is 3. The molecule has 2 heterocycles. The normalized spacial score (nSPS) is 16.0. The number of hydrogen-bond donors (Lipinski definition) is 1. The minimum Gasteiger partial charge on any atom is -0.482 e. The molecular weight excluding hydrogens is 597 g/mol.